The van der Waals surface area contributed by atoms with Gasteiger partial charge in [0.25, 0.3) is 0 Å². The number of rotatable bonds is 5. The van der Waals surface area contributed by atoms with E-state index in [4.69, 9.17) is 0 Å². The van der Waals surface area contributed by atoms with Crippen LogP contribution in [0.25, 0.3) is 0 Å². The molecule has 2 rings (SSSR count). The van der Waals surface area contributed by atoms with Crippen molar-refractivity contribution in [2.45, 2.75) is 38.0 Å². The first-order valence-corrected chi connectivity index (χ1v) is 6.50. The summed E-state index contributed by atoms with van der Waals surface area (Å²) >= 11 is 0. The highest BCUT2D eigenvalue weighted by Gasteiger charge is 2.27. The van der Waals surface area contributed by atoms with Crippen LogP contribution >= 0.6 is 0 Å². The predicted molar refractivity (Wildman–Crippen MR) is 66.0 cm³/mol. The Labute approximate surface area is 110 Å². The summed E-state index contributed by atoms with van der Waals surface area (Å²) in [6, 6.07) is 0.362. The third kappa shape index (κ3) is 3.98. The summed E-state index contributed by atoms with van der Waals surface area (Å²) in [6.45, 7) is -0.635. The molecular formula is C13H19F3N2O. The van der Waals surface area contributed by atoms with Crippen LogP contribution in [0.4, 0.5) is 13.2 Å². The fraction of sp³-hybridized carbons (Fsp3) is 0.692. The highest BCUT2D eigenvalue weighted by atomic mass is 19.4. The van der Waals surface area contributed by atoms with Gasteiger partial charge in [-0.3, -0.25) is 0 Å². The molecule has 0 aromatic carbocycles. The van der Waals surface area contributed by atoms with Crippen molar-refractivity contribution in [1.29, 1.82) is 0 Å². The maximum Gasteiger partial charge on any atom is 0.411 e. The van der Waals surface area contributed by atoms with E-state index in [2.05, 4.69) is 10.1 Å². The SMILES string of the molecule is CNC1CCCc2cn(CCOCC(F)(F)F)cc21. The standard InChI is InChI=1S/C13H19F3N2O/c1-17-12-4-2-3-10-7-18(8-11(10)12)5-6-19-9-13(14,15)16/h7-8,12,17H,2-6,9H2,1H3. The average Bonchev–Trinajstić information content (AvgIpc) is 2.76. The molecule has 1 atom stereocenters. The number of aromatic nitrogens is 1. The van der Waals surface area contributed by atoms with Crippen molar-refractivity contribution in [2.24, 2.45) is 0 Å². The van der Waals surface area contributed by atoms with E-state index in [0.717, 1.165) is 19.3 Å². The van der Waals surface area contributed by atoms with Crippen LogP contribution in [0.5, 0.6) is 0 Å². The molecule has 1 aliphatic carbocycles. The van der Waals surface area contributed by atoms with Gasteiger partial charge in [0.2, 0.25) is 0 Å². The first kappa shape index (κ1) is 14.4. The minimum Gasteiger partial charge on any atom is -0.370 e. The molecular weight excluding hydrogens is 257 g/mol. The minimum atomic E-state index is -4.24. The Bertz CT molecular complexity index is 415. The molecule has 0 fully saturated rings. The number of halogens is 3. The van der Waals surface area contributed by atoms with E-state index in [-0.39, 0.29) is 6.61 Å². The van der Waals surface area contributed by atoms with E-state index in [0.29, 0.717) is 12.6 Å². The first-order valence-electron chi connectivity index (χ1n) is 6.50. The highest BCUT2D eigenvalue weighted by molar-refractivity contribution is 5.30. The second-order valence-electron chi connectivity index (χ2n) is 4.88. The number of fused-ring (bicyclic) bond motifs is 1. The maximum atomic E-state index is 11.9. The third-order valence-corrected chi connectivity index (χ3v) is 3.42. The summed E-state index contributed by atoms with van der Waals surface area (Å²) in [5.41, 5.74) is 2.56. The molecule has 1 aliphatic rings. The second-order valence-corrected chi connectivity index (χ2v) is 4.88. The molecule has 1 N–H and O–H groups in total. The molecule has 1 unspecified atom stereocenters. The largest absolute Gasteiger partial charge is 0.411 e. The molecule has 0 bridgehead atoms. The maximum absolute atomic E-state index is 11.9. The van der Waals surface area contributed by atoms with Gasteiger partial charge in [0.15, 0.2) is 0 Å². The van der Waals surface area contributed by atoms with Gasteiger partial charge in [0, 0.05) is 25.0 Å². The van der Waals surface area contributed by atoms with Crippen LogP contribution in [0.15, 0.2) is 12.4 Å². The Hall–Kier alpha value is -1.01. The number of hydrogen-bond acceptors (Lipinski definition) is 2. The van der Waals surface area contributed by atoms with Crippen molar-refractivity contribution in [3.63, 3.8) is 0 Å². The van der Waals surface area contributed by atoms with Gasteiger partial charge in [-0.05, 0) is 37.4 Å². The van der Waals surface area contributed by atoms with Gasteiger partial charge < -0.3 is 14.6 Å². The molecule has 1 heterocycles. The Morgan fingerprint density at radius 3 is 2.89 bits per heavy atom. The van der Waals surface area contributed by atoms with Crippen LogP contribution in [0.2, 0.25) is 0 Å². The van der Waals surface area contributed by atoms with E-state index < -0.39 is 12.8 Å². The zero-order chi connectivity index (χ0) is 13.9. The molecule has 1 aromatic rings. The van der Waals surface area contributed by atoms with E-state index in [1.807, 2.05) is 24.0 Å². The van der Waals surface area contributed by atoms with Gasteiger partial charge >= 0.3 is 6.18 Å². The van der Waals surface area contributed by atoms with E-state index >= 15 is 0 Å². The summed E-state index contributed by atoms with van der Waals surface area (Å²) < 4.78 is 42.3. The Morgan fingerprint density at radius 2 is 2.21 bits per heavy atom. The summed E-state index contributed by atoms with van der Waals surface area (Å²) in [7, 11) is 1.93. The summed E-state index contributed by atoms with van der Waals surface area (Å²) in [5, 5.41) is 3.27. The molecule has 0 radical (unpaired) electrons. The molecule has 0 saturated carbocycles. The average molecular weight is 276 g/mol. The van der Waals surface area contributed by atoms with Crippen molar-refractivity contribution in [3.8, 4) is 0 Å². The molecule has 0 saturated heterocycles. The Kier molecular flexibility index (Phi) is 4.52. The second kappa shape index (κ2) is 5.96. The first-order chi connectivity index (χ1) is 8.99. The number of nitrogens with one attached hydrogen (secondary N) is 1. The lowest BCUT2D eigenvalue weighted by atomic mass is 9.91. The van der Waals surface area contributed by atoms with Crippen LogP contribution in [-0.4, -0.2) is 31.0 Å². The van der Waals surface area contributed by atoms with Crippen molar-refractivity contribution in [1.82, 2.24) is 9.88 Å². The van der Waals surface area contributed by atoms with E-state index in [1.165, 1.54) is 11.1 Å². The Morgan fingerprint density at radius 1 is 1.42 bits per heavy atom. The van der Waals surface area contributed by atoms with Crippen molar-refractivity contribution < 1.29 is 17.9 Å². The lowest BCUT2D eigenvalue weighted by Crippen LogP contribution is -2.20. The molecule has 1 aromatic heterocycles. The van der Waals surface area contributed by atoms with Crippen LogP contribution in [0, 0.1) is 0 Å². The minimum absolute atomic E-state index is 0.0806. The van der Waals surface area contributed by atoms with Crippen LogP contribution < -0.4 is 5.32 Å². The fourth-order valence-corrected chi connectivity index (χ4v) is 2.54. The molecule has 0 amide bonds. The predicted octanol–water partition coefficient (Wildman–Crippen LogP) is 2.66. The van der Waals surface area contributed by atoms with Crippen molar-refractivity contribution in [2.75, 3.05) is 20.3 Å². The van der Waals surface area contributed by atoms with Gasteiger partial charge in [-0.2, -0.15) is 13.2 Å². The lowest BCUT2D eigenvalue weighted by Gasteiger charge is -2.21. The molecule has 0 aliphatic heterocycles. The lowest BCUT2D eigenvalue weighted by molar-refractivity contribution is -0.174. The molecule has 3 nitrogen and oxygen atoms in total. The number of alkyl halides is 3. The number of aryl methyl sites for hydroxylation is 1. The van der Waals surface area contributed by atoms with Gasteiger partial charge in [-0.15, -0.1) is 0 Å². The Balaban J connectivity index is 1.87. The van der Waals surface area contributed by atoms with Gasteiger partial charge in [-0.25, -0.2) is 0 Å². The fourth-order valence-electron chi connectivity index (χ4n) is 2.54. The normalized spacial score (nSPS) is 19.5. The molecule has 0 spiro atoms. The van der Waals surface area contributed by atoms with Crippen LogP contribution in [-0.2, 0) is 17.7 Å². The van der Waals surface area contributed by atoms with Crippen LogP contribution in [0.1, 0.15) is 30.0 Å². The van der Waals surface area contributed by atoms with Crippen molar-refractivity contribution in [3.05, 3.63) is 23.5 Å². The van der Waals surface area contributed by atoms with Crippen LogP contribution in [0.3, 0.4) is 0 Å². The van der Waals surface area contributed by atoms with Crippen molar-refractivity contribution >= 4 is 0 Å². The number of ether oxygens (including phenoxy) is 1. The topological polar surface area (TPSA) is 26.2 Å². The highest BCUT2D eigenvalue weighted by Crippen LogP contribution is 2.30. The summed E-state index contributed by atoms with van der Waals surface area (Å²) in [5.74, 6) is 0. The van der Waals surface area contributed by atoms with E-state index in [1.54, 1.807) is 0 Å². The number of hydrogen-bond donors (Lipinski definition) is 1. The van der Waals surface area contributed by atoms with E-state index in [9.17, 15) is 13.2 Å². The zero-order valence-electron chi connectivity index (χ0n) is 11.0. The van der Waals surface area contributed by atoms with Gasteiger partial charge in [-0.1, -0.05) is 0 Å². The third-order valence-electron chi connectivity index (χ3n) is 3.42. The quantitative estimate of drug-likeness (QED) is 0.837. The summed E-state index contributed by atoms with van der Waals surface area (Å²) in [6.07, 6.45) is 3.10. The summed E-state index contributed by atoms with van der Waals surface area (Å²) in [4.78, 5) is 0. The zero-order valence-corrected chi connectivity index (χ0v) is 11.0. The number of nitrogens with zero attached hydrogens (tertiary/aromatic N) is 1. The molecule has 19 heavy (non-hydrogen) atoms. The monoisotopic (exact) mass is 276 g/mol. The van der Waals surface area contributed by atoms with Gasteiger partial charge in [0.1, 0.15) is 6.61 Å². The molecule has 6 heteroatoms. The smallest absolute Gasteiger partial charge is 0.370 e. The van der Waals surface area contributed by atoms with Gasteiger partial charge in [0.05, 0.1) is 6.61 Å². The molecule has 108 valence electrons.